The van der Waals surface area contributed by atoms with Crippen LogP contribution in [0.15, 0.2) is 9.98 Å². The number of nitrogens with zero attached hydrogens (tertiary/aromatic N) is 6. The molecule has 7 amide bonds. The predicted octanol–water partition coefficient (Wildman–Crippen LogP) is 11.2. The highest BCUT2D eigenvalue weighted by atomic mass is 16.2. The van der Waals surface area contributed by atoms with Crippen LogP contribution in [0, 0.1) is 5.92 Å². The summed E-state index contributed by atoms with van der Waals surface area (Å²) in [5.74, 6) is 1.82. The van der Waals surface area contributed by atoms with Gasteiger partial charge in [-0.3, -0.25) is 14.4 Å². The van der Waals surface area contributed by atoms with Crippen molar-refractivity contribution in [2.75, 3.05) is 32.7 Å². The summed E-state index contributed by atoms with van der Waals surface area (Å²) in [6, 6.07) is 1.21. The first-order valence-corrected chi connectivity index (χ1v) is 21.5. The summed E-state index contributed by atoms with van der Waals surface area (Å²) < 4.78 is 0. The summed E-state index contributed by atoms with van der Waals surface area (Å²) in [6.45, 7) is 43.5. The largest absolute Gasteiger partial charge is 0.367 e. The Hall–Kier alpha value is -3.31. The van der Waals surface area contributed by atoms with Gasteiger partial charge in [-0.1, -0.05) is 91.0 Å². The molecular weight excluding hydrogens is 719 g/mol. The maximum Gasteiger partial charge on any atom is 0.367 e. The maximum atomic E-state index is 11.2. The molecule has 12 heteroatoms. The van der Waals surface area contributed by atoms with Gasteiger partial charge in [-0.25, -0.2) is 9.59 Å². The second kappa shape index (κ2) is 45.4. The first-order chi connectivity index (χ1) is 26.0. The molecule has 0 saturated carbocycles. The summed E-state index contributed by atoms with van der Waals surface area (Å²) >= 11 is 0. The molecule has 0 aromatic rings. The second-order valence-electron chi connectivity index (χ2n) is 13.8. The molecule has 0 atom stereocenters. The molecule has 12 nitrogen and oxygen atoms in total. The standard InChI is InChI=1S/C8H15NO.2C7H13NO.C6H12N2O.C4H10.C3H2N2O.4C2H6.2CH4/c1-7(2)9-6-4-3-5-8(9)10;2*1-6(2)8-5-3-4-7(8)9;1-5(2)8-4-3-7-6(8)9;1-4(2)3;6-3-4-1-2-5-3;4*1-2;;/h7H,3-6H2,1-2H3;2*6H,3-5H2,1-2H3;5H,3-4H2,1-2H3,(H,7,9);4H,1-3H3;1-2H;4*1-2H3;2*1H4. The average molecular weight is 816 g/mol. The van der Waals surface area contributed by atoms with Crippen LogP contribution in [0.3, 0.4) is 0 Å². The van der Waals surface area contributed by atoms with Crippen LogP contribution >= 0.6 is 0 Å². The van der Waals surface area contributed by atoms with Crippen LogP contribution in [0.1, 0.15) is 191 Å². The van der Waals surface area contributed by atoms with Crippen molar-refractivity contribution in [2.45, 2.75) is 216 Å². The number of aliphatic imine (C=N–C) groups is 2. The van der Waals surface area contributed by atoms with E-state index in [1.165, 1.54) is 18.9 Å². The Morgan fingerprint density at radius 1 is 0.456 bits per heavy atom. The molecule has 4 saturated heterocycles. The first kappa shape index (κ1) is 68.4. The van der Waals surface area contributed by atoms with E-state index < -0.39 is 6.03 Å². The quantitative estimate of drug-likeness (QED) is 0.301. The number of rotatable bonds is 4. The first-order valence-electron chi connectivity index (χ1n) is 21.5. The number of nitrogens with one attached hydrogen (secondary N) is 1. The SMILES string of the molecule is C.C.CC.CC.CC.CC.CC(C)C.CC(C)N1CCCC1=O.CC(C)N1CCCC1=O.CC(C)N1CCCCC1=O.CC(C)N1CCNC1=O.O=C1N=CC=N1. The van der Waals surface area contributed by atoms with E-state index in [1.807, 2.05) is 88.8 Å². The summed E-state index contributed by atoms with van der Waals surface area (Å²) in [4.78, 5) is 67.9. The molecule has 0 unspecified atom stereocenters. The van der Waals surface area contributed by atoms with Crippen molar-refractivity contribution in [1.82, 2.24) is 24.9 Å². The molecule has 5 aliphatic rings. The van der Waals surface area contributed by atoms with E-state index in [1.54, 1.807) is 0 Å². The molecule has 342 valence electrons. The Kier molecular flexibility index (Phi) is 54.5. The lowest BCUT2D eigenvalue weighted by molar-refractivity contribution is -0.135. The molecule has 0 bridgehead atoms. The Bertz CT molecular complexity index is 940. The van der Waals surface area contributed by atoms with Crippen LogP contribution in [0.2, 0.25) is 0 Å². The maximum absolute atomic E-state index is 11.2. The number of piperidine rings is 1. The highest BCUT2D eigenvalue weighted by Gasteiger charge is 2.23. The third-order valence-corrected chi connectivity index (χ3v) is 7.40. The minimum atomic E-state index is -0.407. The lowest BCUT2D eigenvalue weighted by Gasteiger charge is -2.30. The van der Waals surface area contributed by atoms with Crippen LogP contribution in [0.4, 0.5) is 9.59 Å². The average Bonchev–Trinajstić information content (AvgIpc) is 3.99. The van der Waals surface area contributed by atoms with Crippen molar-refractivity contribution in [1.29, 1.82) is 0 Å². The molecular formula is C45H97N7O5. The Morgan fingerprint density at radius 2 is 0.737 bits per heavy atom. The highest BCUT2D eigenvalue weighted by Crippen LogP contribution is 2.14. The molecule has 0 aromatic carbocycles. The summed E-state index contributed by atoms with van der Waals surface area (Å²) in [6.07, 6.45) is 9.39. The van der Waals surface area contributed by atoms with E-state index in [2.05, 4.69) is 77.6 Å². The van der Waals surface area contributed by atoms with Gasteiger partial charge in [0.1, 0.15) is 0 Å². The van der Waals surface area contributed by atoms with Crippen molar-refractivity contribution in [3.8, 4) is 0 Å². The predicted molar refractivity (Wildman–Crippen MR) is 250 cm³/mol. The lowest BCUT2D eigenvalue weighted by Crippen LogP contribution is -2.40. The fraction of sp³-hybridized carbons (Fsp3) is 0.844. The van der Waals surface area contributed by atoms with E-state index in [0.29, 0.717) is 41.9 Å². The van der Waals surface area contributed by atoms with Crippen LogP contribution in [-0.2, 0) is 14.4 Å². The monoisotopic (exact) mass is 816 g/mol. The van der Waals surface area contributed by atoms with Gasteiger partial charge in [0.15, 0.2) is 0 Å². The molecule has 1 N–H and O–H groups in total. The van der Waals surface area contributed by atoms with Crippen LogP contribution in [-0.4, -0.2) is 119 Å². The van der Waals surface area contributed by atoms with E-state index in [9.17, 15) is 24.0 Å². The minimum absolute atomic E-state index is 0. The van der Waals surface area contributed by atoms with Crippen molar-refractivity contribution < 1.29 is 24.0 Å². The van der Waals surface area contributed by atoms with E-state index >= 15 is 0 Å². The van der Waals surface area contributed by atoms with Crippen LogP contribution in [0.5, 0.6) is 0 Å². The molecule has 5 rings (SSSR count). The van der Waals surface area contributed by atoms with Crippen LogP contribution in [0.25, 0.3) is 0 Å². The van der Waals surface area contributed by atoms with Gasteiger partial charge in [0.25, 0.3) is 0 Å². The van der Waals surface area contributed by atoms with E-state index in [-0.39, 0.29) is 20.9 Å². The number of amides is 7. The Morgan fingerprint density at radius 3 is 0.895 bits per heavy atom. The number of carbonyl (C=O) groups is 5. The van der Waals surface area contributed by atoms with Gasteiger partial charge in [-0.05, 0) is 87.0 Å². The van der Waals surface area contributed by atoms with E-state index in [4.69, 9.17) is 0 Å². The van der Waals surface area contributed by atoms with Gasteiger partial charge < -0.3 is 24.9 Å². The number of carbonyl (C=O) groups excluding carboxylic acids is 5. The Balaban J connectivity index is -0.000000102. The zero-order valence-corrected chi connectivity index (χ0v) is 39.3. The van der Waals surface area contributed by atoms with Gasteiger partial charge >= 0.3 is 12.1 Å². The smallest absolute Gasteiger partial charge is 0.340 e. The van der Waals surface area contributed by atoms with Gasteiger partial charge in [0.2, 0.25) is 17.7 Å². The molecule has 0 aromatic heterocycles. The summed E-state index contributed by atoms with van der Waals surface area (Å²) in [5.41, 5.74) is 0. The fourth-order valence-corrected chi connectivity index (χ4v) is 5.01. The van der Waals surface area contributed by atoms with Gasteiger partial charge in [-0.2, -0.15) is 9.98 Å². The lowest BCUT2D eigenvalue weighted by atomic mass is 10.1. The van der Waals surface area contributed by atoms with Gasteiger partial charge in [-0.15, -0.1) is 0 Å². The van der Waals surface area contributed by atoms with Crippen molar-refractivity contribution in [3.05, 3.63) is 0 Å². The molecule has 5 heterocycles. The number of hydrogen-bond donors (Lipinski definition) is 1. The van der Waals surface area contributed by atoms with E-state index in [0.717, 1.165) is 77.2 Å². The third kappa shape index (κ3) is 36.8. The van der Waals surface area contributed by atoms with Crippen LogP contribution < -0.4 is 5.32 Å². The van der Waals surface area contributed by atoms with Crippen molar-refractivity contribution >= 4 is 42.2 Å². The normalized spacial score (nSPS) is 15.7. The molecule has 0 radical (unpaired) electrons. The third-order valence-electron chi connectivity index (χ3n) is 7.40. The van der Waals surface area contributed by atoms with Gasteiger partial charge in [0.05, 0.1) is 12.4 Å². The Labute approximate surface area is 354 Å². The molecule has 0 aliphatic carbocycles. The second-order valence-corrected chi connectivity index (χ2v) is 13.8. The number of likely N-dealkylation sites (tertiary alicyclic amines) is 3. The number of urea groups is 2. The van der Waals surface area contributed by atoms with Crippen molar-refractivity contribution in [3.63, 3.8) is 0 Å². The zero-order valence-electron chi connectivity index (χ0n) is 39.3. The summed E-state index contributed by atoms with van der Waals surface area (Å²) in [5, 5.41) is 2.74. The topological polar surface area (TPSA) is 135 Å². The molecule has 4 fully saturated rings. The molecule has 0 spiro atoms. The molecule has 57 heavy (non-hydrogen) atoms. The molecule has 5 aliphatic heterocycles. The summed E-state index contributed by atoms with van der Waals surface area (Å²) in [7, 11) is 0. The number of hydrogen-bond acceptors (Lipinski definition) is 5. The van der Waals surface area contributed by atoms with Crippen molar-refractivity contribution in [2.24, 2.45) is 15.9 Å². The van der Waals surface area contributed by atoms with Gasteiger partial charge in [0, 0.05) is 76.2 Å². The fourth-order valence-electron chi connectivity index (χ4n) is 5.01. The minimum Gasteiger partial charge on any atom is -0.340 e. The zero-order chi connectivity index (χ0) is 44.1. The highest BCUT2D eigenvalue weighted by molar-refractivity contribution is 6.25.